The number of fused-ring (bicyclic) bond motifs is 2. The number of anilines is 1. The largest absolute Gasteiger partial charge is 0.469 e. The summed E-state index contributed by atoms with van der Waals surface area (Å²) in [6, 6.07) is 5.77. The van der Waals surface area contributed by atoms with E-state index in [-0.39, 0.29) is 49.7 Å². The van der Waals surface area contributed by atoms with Crippen LogP contribution in [0.4, 0.5) is 5.69 Å². The normalized spacial score (nSPS) is 37.7. The number of nitrogens with two attached hydrogens (primary N) is 1. The summed E-state index contributed by atoms with van der Waals surface area (Å²) in [5.41, 5.74) is 7.39. The molecule has 1 aromatic rings. The van der Waals surface area contributed by atoms with Gasteiger partial charge in [-0.15, -0.1) is 0 Å². The smallest absolute Gasteiger partial charge is 0.313 e. The lowest BCUT2D eigenvalue weighted by atomic mass is 9.82. The first-order valence-electron chi connectivity index (χ1n) is 27.8. The Balaban J connectivity index is 1.55. The average molecular weight is 1140 g/mol. The number of ketones is 2. The fraction of sp³-hybridized carbons (Fsp3) is 0.600. The van der Waals surface area contributed by atoms with Crippen LogP contribution in [0, 0.1) is 17.8 Å². The van der Waals surface area contributed by atoms with Crippen molar-refractivity contribution in [3.05, 3.63) is 115 Å². The third kappa shape index (κ3) is 23.6. The standard InChI is InChI=1S/C60H88N2O19/c1-36-18-16-14-12-10-8-6-7-9-11-13-15-17-19-48(79-59-56(74)54(61)55(73)38(3)78-59)33-51-53(58(75)77-5)50(71)35-60(76,81-51)34-47(69)30-45(67)28-43(65)26-42(64)27-44(66)29-46(68)32-52(72)80-57(36)37(2)20-25-41(63)31-49(70)39-21-23-40(62-4)24-22-39/h6-19,21-24,36-38,41-43,45-48,50-51,53-57,59,62-65,67-69,71,73-74,76H,20,25-35,61H2,1-5H3/b7-6+,10-8+,11-9+,14-12+,15-13+,18-16-,19-17+/t36?,37?,38-,41?,42?,43?,45?,46?,47?,48?,50?,51?,53?,54+,55-,56+,57?,59+,60?/m1/s1. The van der Waals surface area contributed by atoms with Gasteiger partial charge in [0.1, 0.15) is 23.9 Å². The number of aliphatic hydroxyl groups excluding tert-OH is 9. The summed E-state index contributed by atoms with van der Waals surface area (Å²) >= 11 is 0. The number of esters is 2. The molecule has 19 atom stereocenters. The molecular weight excluding hydrogens is 1050 g/mol. The fourth-order valence-electron chi connectivity index (χ4n) is 10.2. The van der Waals surface area contributed by atoms with Gasteiger partial charge in [0.2, 0.25) is 0 Å². The van der Waals surface area contributed by atoms with E-state index < -0.39 is 160 Å². The molecule has 2 fully saturated rings. The maximum absolute atomic E-state index is 13.3. The minimum Gasteiger partial charge on any atom is -0.469 e. The molecule has 14 unspecified atom stereocenters. The molecule has 0 radical (unpaired) electrons. The molecule has 3 heterocycles. The van der Waals surface area contributed by atoms with Gasteiger partial charge in [-0.05, 0) is 69.2 Å². The number of nitrogens with one attached hydrogen (secondary N) is 1. The van der Waals surface area contributed by atoms with E-state index in [0.717, 1.165) is 12.8 Å². The summed E-state index contributed by atoms with van der Waals surface area (Å²) in [5.74, 6) is -6.85. The van der Waals surface area contributed by atoms with E-state index in [0.29, 0.717) is 12.0 Å². The first kappa shape index (κ1) is 68.4. The molecule has 13 N–H and O–H groups in total. The van der Waals surface area contributed by atoms with Crippen molar-refractivity contribution in [3.8, 4) is 0 Å². The maximum Gasteiger partial charge on any atom is 0.313 e. The average Bonchev–Trinajstić information content (AvgIpc) is 3.43. The number of carbonyl (C=O) groups is 4. The number of aliphatic hydroxyl groups is 10. The zero-order valence-corrected chi connectivity index (χ0v) is 47.0. The van der Waals surface area contributed by atoms with Gasteiger partial charge < -0.3 is 85.8 Å². The van der Waals surface area contributed by atoms with Gasteiger partial charge >= 0.3 is 11.9 Å². The summed E-state index contributed by atoms with van der Waals surface area (Å²) in [6.07, 6.45) is 2.92. The van der Waals surface area contributed by atoms with Crippen molar-refractivity contribution in [2.45, 2.75) is 195 Å². The number of hydrogen-bond acceptors (Lipinski definition) is 21. The molecule has 0 aromatic heterocycles. The number of cyclic esters (lactones) is 1. The van der Waals surface area contributed by atoms with Crippen LogP contribution in [0.15, 0.2) is 109 Å². The van der Waals surface area contributed by atoms with Gasteiger partial charge in [-0.1, -0.05) is 98.9 Å². The highest BCUT2D eigenvalue weighted by atomic mass is 16.7. The van der Waals surface area contributed by atoms with Gasteiger partial charge in [0.15, 0.2) is 17.9 Å². The molecule has 3 aliphatic rings. The zero-order chi connectivity index (χ0) is 59.8. The topological polar surface area (TPSA) is 355 Å². The van der Waals surface area contributed by atoms with Crippen molar-refractivity contribution in [1.82, 2.24) is 0 Å². The number of rotatable bonds is 11. The molecule has 3 aliphatic heterocycles. The molecule has 4 rings (SSSR count). The predicted octanol–water partition coefficient (Wildman–Crippen LogP) is 2.83. The van der Waals surface area contributed by atoms with Crippen molar-refractivity contribution < 1.29 is 93.9 Å². The predicted molar refractivity (Wildman–Crippen MR) is 299 cm³/mol. The van der Waals surface area contributed by atoms with E-state index in [1.54, 1.807) is 117 Å². The quantitative estimate of drug-likeness (QED) is 0.112. The molecular formula is C60H88N2O19. The van der Waals surface area contributed by atoms with Gasteiger partial charge in [-0.2, -0.15) is 0 Å². The zero-order valence-electron chi connectivity index (χ0n) is 47.0. The van der Waals surface area contributed by atoms with E-state index in [9.17, 15) is 70.2 Å². The minimum atomic E-state index is -2.29. The van der Waals surface area contributed by atoms with Crippen LogP contribution in [0.3, 0.4) is 0 Å². The minimum absolute atomic E-state index is 0.103. The molecule has 2 bridgehead atoms. The Labute approximate surface area is 474 Å². The molecule has 0 saturated carbocycles. The lowest BCUT2D eigenvalue weighted by molar-refractivity contribution is -0.308. The Hall–Kier alpha value is -5.08. The second-order valence-corrected chi connectivity index (χ2v) is 21.6. The van der Waals surface area contributed by atoms with Gasteiger partial charge in [-0.25, -0.2) is 0 Å². The SMILES string of the molecule is CNc1ccc(C(=O)CC(O)CCC(C)C2OC(=O)CC(O)CC(=O)CC(O)CC(O)CC(O)CC(O)CC3(O)CC(O)C(C(=O)OC)C(CC(O[C@@H]4O[C@H](C)[C@@H](O)[C@H](N)[C@@H]4O)/C=C/C=C/C=C/C=C/C=C/C=C/C=C\C2C)O3)cc1. The molecule has 81 heavy (non-hydrogen) atoms. The number of methoxy groups -OCH3 is 1. The number of allylic oxidation sites excluding steroid dienone is 12. The van der Waals surface area contributed by atoms with Crippen LogP contribution in [0.2, 0.25) is 0 Å². The Morgan fingerprint density at radius 3 is 1.88 bits per heavy atom. The van der Waals surface area contributed by atoms with Crippen molar-refractivity contribution in [2.24, 2.45) is 23.5 Å². The first-order chi connectivity index (χ1) is 38.4. The molecule has 0 amide bonds. The number of benzene rings is 1. The van der Waals surface area contributed by atoms with Crippen LogP contribution < -0.4 is 11.1 Å². The van der Waals surface area contributed by atoms with Crippen molar-refractivity contribution in [3.63, 3.8) is 0 Å². The van der Waals surface area contributed by atoms with Crippen LogP contribution in [-0.4, -0.2) is 186 Å². The Morgan fingerprint density at radius 1 is 0.728 bits per heavy atom. The second-order valence-electron chi connectivity index (χ2n) is 21.6. The van der Waals surface area contributed by atoms with E-state index in [2.05, 4.69) is 5.32 Å². The van der Waals surface area contributed by atoms with Crippen molar-refractivity contribution >= 4 is 29.2 Å². The fourth-order valence-corrected chi connectivity index (χ4v) is 10.2. The highest BCUT2D eigenvalue weighted by Crippen LogP contribution is 2.39. The van der Waals surface area contributed by atoms with E-state index in [1.165, 1.54) is 0 Å². The monoisotopic (exact) mass is 1140 g/mol. The van der Waals surface area contributed by atoms with E-state index in [1.807, 2.05) is 19.9 Å². The van der Waals surface area contributed by atoms with Gasteiger partial charge in [-0.3, -0.25) is 19.2 Å². The third-order valence-corrected chi connectivity index (χ3v) is 14.6. The summed E-state index contributed by atoms with van der Waals surface area (Å²) in [5, 5.41) is 113. The molecule has 0 spiro atoms. The summed E-state index contributed by atoms with van der Waals surface area (Å²) in [6.45, 7) is 5.25. The van der Waals surface area contributed by atoms with Crippen molar-refractivity contribution in [2.75, 3.05) is 19.5 Å². The maximum atomic E-state index is 13.3. The van der Waals surface area contributed by atoms with Crippen LogP contribution in [-0.2, 0) is 38.1 Å². The van der Waals surface area contributed by atoms with Crippen LogP contribution in [0.1, 0.15) is 108 Å². The highest BCUT2D eigenvalue weighted by molar-refractivity contribution is 5.96. The van der Waals surface area contributed by atoms with Gasteiger partial charge in [0.05, 0.1) is 86.7 Å². The number of Topliss-reactive ketones (excluding diaryl/α,β-unsaturated/α-hetero) is 2. The Morgan fingerprint density at radius 2 is 1.28 bits per heavy atom. The molecule has 1 aromatic carbocycles. The molecule has 0 aliphatic carbocycles. The summed E-state index contributed by atoms with van der Waals surface area (Å²) in [7, 11) is 2.88. The van der Waals surface area contributed by atoms with Gasteiger partial charge in [0, 0.05) is 62.7 Å². The van der Waals surface area contributed by atoms with Crippen LogP contribution in [0.25, 0.3) is 0 Å². The van der Waals surface area contributed by atoms with Crippen LogP contribution in [0.5, 0.6) is 0 Å². The van der Waals surface area contributed by atoms with Crippen molar-refractivity contribution in [1.29, 1.82) is 0 Å². The lowest BCUT2D eigenvalue weighted by Gasteiger charge is -2.45. The Bertz CT molecular complexity index is 2320. The summed E-state index contributed by atoms with van der Waals surface area (Å²) < 4.78 is 28.9. The molecule has 21 nitrogen and oxygen atoms in total. The van der Waals surface area contributed by atoms with Gasteiger partial charge in [0.25, 0.3) is 0 Å². The molecule has 21 heteroatoms. The number of hydrogen-bond donors (Lipinski definition) is 12. The van der Waals surface area contributed by atoms with E-state index in [4.69, 9.17) is 29.4 Å². The first-order valence-corrected chi connectivity index (χ1v) is 27.8. The summed E-state index contributed by atoms with van der Waals surface area (Å²) in [4.78, 5) is 52.4. The van der Waals surface area contributed by atoms with E-state index >= 15 is 0 Å². The number of ether oxygens (including phenoxy) is 5. The highest BCUT2D eigenvalue weighted by Gasteiger charge is 2.51. The van der Waals surface area contributed by atoms with Crippen LogP contribution >= 0.6 is 0 Å². The molecule has 2 saturated heterocycles. The Kier molecular flexibility index (Phi) is 29.1. The number of carbonyl (C=O) groups excluding carboxylic acids is 4. The lowest BCUT2D eigenvalue weighted by Crippen LogP contribution is -2.61. The third-order valence-electron chi connectivity index (χ3n) is 14.6. The second kappa shape index (κ2) is 34.5. The molecule has 452 valence electrons.